The van der Waals surface area contributed by atoms with E-state index in [9.17, 15) is 4.79 Å². The van der Waals surface area contributed by atoms with Gasteiger partial charge < -0.3 is 9.84 Å². The molecule has 1 N–H and O–H groups in total. The van der Waals surface area contributed by atoms with Gasteiger partial charge in [0.1, 0.15) is 5.75 Å². The van der Waals surface area contributed by atoms with E-state index in [0.29, 0.717) is 11.1 Å². The molecule has 2 aromatic rings. The molecule has 0 saturated carbocycles. The Morgan fingerprint density at radius 1 is 1.25 bits per heavy atom. The number of hydrogen-bond donors (Lipinski definition) is 1. The van der Waals surface area contributed by atoms with Crippen LogP contribution < -0.4 is 4.74 Å². The highest BCUT2D eigenvalue weighted by Crippen LogP contribution is 2.31. The lowest BCUT2D eigenvalue weighted by atomic mass is 10.00. The summed E-state index contributed by atoms with van der Waals surface area (Å²) in [6.07, 6.45) is 0. The van der Waals surface area contributed by atoms with Crippen molar-refractivity contribution in [2.45, 2.75) is 6.92 Å². The average Bonchev–Trinajstić information content (AvgIpc) is 2.29. The van der Waals surface area contributed by atoms with Gasteiger partial charge in [-0.05, 0) is 30.0 Å². The van der Waals surface area contributed by atoms with Crippen LogP contribution in [0, 0.1) is 6.92 Å². The first-order chi connectivity index (χ1) is 7.65. The van der Waals surface area contributed by atoms with Gasteiger partial charge in [-0.3, -0.25) is 0 Å². The molecule has 0 bridgehead atoms. The van der Waals surface area contributed by atoms with Crippen LogP contribution in [0.4, 0.5) is 0 Å². The summed E-state index contributed by atoms with van der Waals surface area (Å²) in [6.45, 7) is 1.95. The summed E-state index contributed by atoms with van der Waals surface area (Å²) in [6, 6.07) is 8.96. The first-order valence-electron chi connectivity index (χ1n) is 4.94. The molecule has 0 atom stereocenters. The van der Waals surface area contributed by atoms with Gasteiger partial charge in [-0.2, -0.15) is 0 Å². The van der Waals surface area contributed by atoms with Crippen LogP contribution in [0.15, 0.2) is 30.3 Å². The predicted molar refractivity (Wildman–Crippen MR) is 62.2 cm³/mol. The molecule has 0 aliphatic carbocycles. The molecule has 2 aromatic carbocycles. The third-order valence-corrected chi connectivity index (χ3v) is 2.67. The van der Waals surface area contributed by atoms with E-state index in [0.717, 1.165) is 10.9 Å². The Labute approximate surface area is 93.3 Å². The van der Waals surface area contributed by atoms with Crippen molar-refractivity contribution < 1.29 is 14.6 Å². The molecule has 0 fully saturated rings. The topological polar surface area (TPSA) is 46.5 Å². The largest absolute Gasteiger partial charge is 0.496 e. The van der Waals surface area contributed by atoms with E-state index in [-0.39, 0.29) is 5.56 Å². The molecule has 0 radical (unpaired) electrons. The first-order valence-corrected chi connectivity index (χ1v) is 4.94. The summed E-state index contributed by atoms with van der Waals surface area (Å²) in [4.78, 5) is 11.1. The van der Waals surface area contributed by atoms with Crippen LogP contribution in [0.2, 0.25) is 0 Å². The van der Waals surface area contributed by atoms with Gasteiger partial charge in [-0.25, -0.2) is 4.79 Å². The normalized spacial score (nSPS) is 10.4. The van der Waals surface area contributed by atoms with Gasteiger partial charge >= 0.3 is 5.97 Å². The summed E-state index contributed by atoms with van der Waals surface area (Å²) in [7, 11) is 1.54. The molecule has 0 saturated heterocycles. The average molecular weight is 216 g/mol. The van der Waals surface area contributed by atoms with Crippen molar-refractivity contribution in [1.29, 1.82) is 0 Å². The van der Waals surface area contributed by atoms with Crippen LogP contribution in [0.5, 0.6) is 5.75 Å². The fourth-order valence-electron chi connectivity index (χ4n) is 1.87. The molecule has 0 unspecified atom stereocenters. The number of carbonyl (C=O) groups is 1. The SMILES string of the molecule is COc1ccc(C)c2cccc(C(=O)O)c12. The summed E-state index contributed by atoms with van der Waals surface area (Å²) in [5.74, 6) is -0.340. The van der Waals surface area contributed by atoms with Gasteiger partial charge in [0, 0.05) is 5.39 Å². The molecule has 0 heterocycles. The van der Waals surface area contributed by atoms with Crippen LogP contribution in [0.25, 0.3) is 10.8 Å². The van der Waals surface area contributed by atoms with Gasteiger partial charge in [-0.15, -0.1) is 0 Å². The number of methoxy groups -OCH3 is 1. The Morgan fingerprint density at radius 2 is 2.00 bits per heavy atom. The predicted octanol–water partition coefficient (Wildman–Crippen LogP) is 2.86. The molecule has 2 rings (SSSR count). The minimum atomic E-state index is -0.936. The van der Waals surface area contributed by atoms with Gasteiger partial charge in [0.05, 0.1) is 12.7 Å². The minimum Gasteiger partial charge on any atom is -0.496 e. The van der Waals surface area contributed by atoms with Crippen molar-refractivity contribution in [2.75, 3.05) is 7.11 Å². The molecular formula is C13H12O3. The number of hydrogen-bond acceptors (Lipinski definition) is 2. The smallest absolute Gasteiger partial charge is 0.336 e. The highest BCUT2D eigenvalue weighted by Gasteiger charge is 2.13. The molecule has 82 valence electrons. The Morgan fingerprint density at radius 3 is 2.62 bits per heavy atom. The molecule has 0 aromatic heterocycles. The maximum absolute atomic E-state index is 11.1. The fraction of sp³-hybridized carbons (Fsp3) is 0.154. The Kier molecular flexibility index (Phi) is 2.52. The molecule has 3 nitrogen and oxygen atoms in total. The Bertz CT molecular complexity index is 558. The van der Waals surface area contributed by atoms with E-state index in [4.69, 9.17) is 9.84 Å². The zero-order chi connectivity index (χ0) is 11.7. The van der Waals surface area contributed by atoms with E-state index < -0.39 is 5.97 Å². The van der Waals surface area contributed by atoms with Crippen LogP contribution in [0.3, 0.4) is 0 Å². The van der Waals surface area contributed by atoms with Crippen molar-refractivity contribution in [3.63, 3.8) is 0 Å². The fourth-order valence-corrected chi connectivity index (χ4v) is 1.87. The Hall–Kier alpha value is -2.03. The number of carboxylic acid groups (broad SMARTS) is 1. The Balaban J connectivity index is 2.93. The van der Waals surface area contributed by atoms with Gasteiger partial charge in [0.25, 0.3) is 0 Å². The summed E-state index contributed by atoms with van der Waals surface area (Å²) in [5, 5.41) is 10.7. The zero-order valence-corrected chi connectivity index (χ0v) is 9.15. The lowest BCUT2D eigenvalue weighted by Gasteiger charge is -2.10. The van der Waals surface area contributed by atoms with Crippen molar-refractivity contribution in [1.82, 2.24) is 0 Å². The maximum Gasteiger partial charge on any atom is 0.336 e. The molecule has 0 aliphatic rings. The van der Waals surface area contributed by atoms with Crippen molar-refractivity contribution >= 4 is 16.7 Å². The van der Waals surface area contributed by atoms with E-state index in [1.807, 2.05) is 19.1 Å². The van der Waals surface area contributed by atoms with Gasteiger partial charge in [-0.1, -0.05) is 18.2 Å². The first kappa shape index (κ1) is 10.5. The van der Waals surface area contributed by atoms with Crippen molar-refractivity contribution in [2.24, 2.45) is 0 Å². The van der Waals surface area contributed by atoms with Crippen LogP contribution in [-0.4, -0.2) is 18.2 Å². The molecule has 0 amide bonds. The van der Waals surface area contributed by atoms with E-state index in [1.54, 1.807) is 25.3 Å². The highest BCUT2D eigenvalue weighted by atomic mass is 16.5. The van der Waals surface area contributed by atoms with Crippen LogP contribution >= 0.6 is 0 Å². The number of benzene rings is 2. The zero-order valence-electron chi connectivity index (χ0n) is 9.15. The number of fused-ring (bicyclic) bond motifs is 1. The molecule has 0 spiro atoms. The third kappa shape index (κ3) is 1.50. The highest BCUT2D eigenvalue weighted by molar-refractivity contribution is 6.07. The second kappa shape index (κ2) is 3.85. The summed E-state index contributed by atoms with van der Waals surface area (Å²) < 4.78 is 5.21. The number of aromatic carboxylic acids is 1. The summed E-state index contributed by atoms with van der Waals surface area (Å²) in [5.41, 5.74) is 1.32. The lowest BCUT2D eigenvalue weighted by molar-refractivity contribution is 0.0699. The maximum atomic E-state index is 11.1. The number of rotatable bonds is 2. The van der Waals surface area contributed by atoms with E-state index >= 15 is 0 Å². The monoisotopic (exact) mass is 216 g/mol. The number of carboxylic acids is 1. The van der Waals surface area contributed by atoms with Crippen LogP contribution in [0.1, 0.15) is 15.9 Å². The summed E-state index contributed by atoms with van der Waals surface area (Å²) >= 11 is 0. The van der Waals surface area contributed by atoms with Crippen molar-refractivity contribution in [3.05, 3.63) is 41.5 Å². The second-order valence-corrected chi connectivity index (χ2v) is 3.62. The molecular weight excluding hydrogens is 204 g/mol. The molecule has 0 aliphatic heterocycles. The van der Waals surface area contributed by atoms with Crippen LogP contribution in [-0.2, 0) is 0 Å². The van der Waals surface area contributed by atoms with E-state index in [2.05, 4.69) is 0 Å². The number of aryl methyl sites for hydroxylation is 1. The number of ether oxygens (including phenoxy) is 1. The minimum absolute atomic E-state index is 0.276. The lowest BCUT2D eigenvalue weighted by Crippen LogP contribution is -1.99. The van der Waals surface area contributed by atoms with E-state index in [1.165, 1.54) is 0 Å². The molecule has 3 heteroatoms. The van der Waals surface area contributed by atoms with Gasteiger partial charge in [0.2, 0.25) is 0 Å². The standard InChI is InChI=1S/C13H12O3/c1-8-6-7-11(16-2)12-9(8)4-3-5-10(12)13(14)15/h3-7H,1-2H3,(H,14,15). The second-order valence-electron chi connectivity index (χ2n) is 3.62. The third-order valence-electron chi connectivity index (χ3n) is 2.67. The molecule has 16 heavy (non-hydrogen) atoms. The van der Waals surface area contributed by atoms with Crippen molar-refractivity contribution in [3.8, 4) is 5.75 Å². The quantitative estimate of drug-likeness (QED) is 0.839. The van der Waals surface area contributed by atoms with Gasteiger partial charge in [0.15, 0.2) is 0 Å².